The summed E-state index contributed by atoms with van der Waals surface area (Å²) in [7, 11) is 0. The van der Waals surface area contributed by atoms with Crippen LogP contribution in [0.25, 0.3) is 0 Å². The summed E-state index contributed by atoms with van der Waals surface area (Å²) >= 11 is 5.96. The van der Waals surface area contributed by atoms with Gasteiger partial charge in [-0.25, -0.2) is 0 Å². The molecule has 0 atom stereocenters. The number of carbonyl (C=O) groups is 3. The molecule has 2 aliphatic heterocycles. The summed E-state index contributed by atoms with van der Waals surface area (Å²) in [4.78, 5) is 45.5. The van der Waals surface area contributed by atoms with Gasteiger partial charge in [0.2, 0.25) is 5.91 Å². The topological polar surface area (TPSA) is 73.0 Å². The molecular weight excluding hydrogens is 488 g/mol. The van der Waals surface area contributed by atoms with Crippen molar-refractivity contribution in [3.8, 4) is 0 Å². The molecule has 3 fully saturated rings. The summed E-state index contributed by atoms with van der Waals surface area (Å²) in [5.74, 6) is 0.231. The molecule has 2 saturated heterocycles. The van der Waals surface area contributed by atoms with Gasteiger partial charge in [0.05, 0.1) is 5.56 Å². The van der Waals surface area contributed by atoms with Crippen LogP contribution in [0, 0.1) is 5.92 Å². The fourth-order valence-electron chi connectivity index (χ4n) is 5.73. The second-order valence-corrected chi connectivity index (χ2v) is 10.8. The zero-order valence-corrected chi connectivity index (χ0v) is 22.0. The van der Waals surface area contributed by atoms with E-state index in [9.17, 15) is 14.4 Å². The first kappa shape index (κ1) is 25.6. The summed E-state index contributed by atoms with van der Waals surface area (Å²) < 4.78 is 0. The number of halogens is 1. The molecule has 1 aliphatic carbocycles. The predicted octanol–water partition coefficient (Wildman–Crippen LogP) is 5.06. The highest BCUT2D eigenvalue weighted by atomic mass is 35.5. The van der Waals surface area contributed by atoms with E-state index in [1.165, 1.54) is 0 Å². The van der Waals surface area contributed by atoms with Crippen LogP contribution >= 0.6 is 11.6 Å². The van der Waals surface area contributed by atoms with E-state index in [4.69, 9.17) is 11.6 Å². The van der Waals surface area contributed by atoms with Crippen molar-refractivity contribution in [1.82, 2.24) is 9.80 Å². The van der Waals surface area contributed by atoms with E-state index >= 15 is 0 Å². The Hall–Kier alpha value is -3.06. The van der Waals surface area contributed by atoms with Gasteiger partial charge in [-0.2, -0.15) is 0 Å². The molecule has 3 aliphatic rings. The summed E-state index contributed by atoms with van der Waals surface area (Å²) in [5.41, 5.74) is 2.55. The lowest BCUT2D eigenvalue weighted by molar-refractivity contribution is -0.135. The van der Waals surface area contributed by atoms with Crippen molar-refractivity contribution in [1.29, 1.82) is 0 Å². The molecular formula is C29H35ClN4O3. The van der Waals surface area contributed by atoms with Crippen molar-refractivity contribution in [2.75, 3.05) is 49.5 Å². The molecule has 2 heterocycles. The third kappa shape index (κ3) is 5.93. The monoisotopic (exact) mass is 522 g/mol. The molecule has 196 valence electrons. The highest BCUT2D eigenvalue weighted by Crippen LogP contribution is 2.30. The number of rotatable bonds is 5. The number of piperidine rings is 1. The van der Waals surface area contributed by atoms with Crippen molar-refractivity contribution in [2.24, 2.45) is 5.92 Å². The second-order valence-electron chi connectivity index (χ2n) is 10.3. The van der Waals surface area contributed by atoms with Crippen LogP contribution in [0.3, 0.4) is 0 Å². The third-order valence-corrected chi connectivity index (χ3v) is 8.12. The van der Waals surface area contributed by atoms with Gasteiger partial charge in [-0.3, -0.25) is 14.4 Å². The van der Waals surface area contributed by atoms with Gasteiger partial charge in [0.1, 0.15) is 0 Å². The lowest BCUT2D eigenvalue weighted by Gasteiger charge is -2.38. The number of benzene rings is 2. The van der Waals surface area contributed by atoms with E-state index in [0.29, 0.717) is 53.9 Å². The molecule has 0 bridgehead atoms. The minimum absolute atomic E-state index is 0.00162. The Morgan fingerprint density at radius 3 is 2.11 bits per heavy atom. The van der Waals surface area contributed by atoms with Crippen molar-refractivity contribution in [3.05, 3.63) is 58.6 Å². The van der Waals surface area contributed by atoms with Crippen molar-refractivity contribution >= 4 is 40.7 Å². The summed E-state index contributed by atoms with van der Waals surface area (Å²) in [5, 5.41) is 3.50. The van der Waals surface area contributed by atoms with E-state index in [2.05, 4.69) is 10.2 Å². The molecule has 1 saturated carbocycles. The predicted molar refractivity (Wildman–Crippen MR) is 146 cm³/mol. The largest absolute Gasteiger partial charge is 0.367 e. The number of piperazine rings is 1. The van der Waals surface area contributed by atoms with Crippen LogP contribution in [-0.2, 0) is 4.79 Å². The molecule has 2 aromatic rings. The molecule has 37 heavy (non-hydrogen) atoms. The molecule has 1 N–H and O–H groups in total. The first-order chi connectivity index (χ1) is 18.0. The van der Waals surface area contributed by atoms with Crippen LogP contribution in [-0.4, -0.2) is 66.8 Å². The molecule has 3 amide bonds. The minimum atomic E-state index is -0.250. The van der Waals surface area contributed by atoms with Crippen LogP contribution in [0.2, 0.25) is 5.02 Å². The zero-order valence-electron chi connectivity index (χ0n) is 21.3. The van der Waals surface area contributed by atoms with Crippen LogP contribution in [0.1, 0.15) is 65.7 Å². The molecule has 0 unspecified atom stereocenters. The SMILES string of the molecule is O=C(Nc1ccc(N2CCN(C(=O)C3CCCC3)CC2)c(C(=O)N2CCCCC2)c1)c1ccc(Cl)cc1. The normalized spacial score (nSPS) is 18.7. The van der Waals surface area contributed by atoms with Crippen LogP contribution < -0.4 is 10.2 Å². The molecule has 7 nitrogen and oxygen atoms in total. The van der Waals surface area contributed by atoms with Gasteiger partial charge < -0.3 is 20.0 Å². The van der Waals surface area contributed by atoms with Gasteiger partial charge in [0.15, 0.2) is 0 Å². The van der Waals surface area contributed by atoms with Crippen LogP contribution in [0.5, 0.6) is 0 Å². The van der Waals surface area contributed by atoms with Crippen LogP contribution in [0.4, 0.5) is 11.4 Å². The van der Waals surface area contributed by atoms with Gasteiger partial charge >= 0.3 is 0 Å². The van der Waals surface area contributed by atoms with Crippen molar-refractivity contribution in [2.45, 2.75) is 44.9 Å². The molecule has 5 rings (SSSR count). The van der Waals surface area contributed by atoms with Crippen molar-refractivity contribution in [3.63, 3.8) is 0 Å². The fourth-order valence-corrected chi connectivity index (χ4v) is 5.86. The minimum Gasteiger partial charge on any atom is -0.367 e. The maximum Gasteiger partial charge on any atom is 0.256 e. The maximum atomic E-state index is 13.7. The molecule has 0 spiro atoms. The number of nitrogens with one attached hydrogen (secondary N) is 1. The van der Waals surface area contributed by atoms with Crippen LogP contribution in [0.15, 0.2) is 42.5 Å². The van der Waals surface area contributed by atoms with E-state index in [-0.39, 0.29) is 17.7 Å². The van der Waals surface area contributed by atoms with Gasteiger partial charge in [-0.1, -0.05) is 24.4 Å². The Kier molecular flexibility index (Phi) is 7.99. The van der Waals surface area contributed by atoms with Gasteiger partial charge in [-0.15, -0.1) is 0 Å². The second kappa shape index (κ2) is 11.5. The number of hydrogen-bond donors (Lipinski definition) is 1. The first-order valence-electron chi connectivity index (χ1n) is 13.5. The van der Waals surface area contributed by atoms with E-state index < -0.39 is 0 Å². The lowest BCUT2D eigenvalue weighted by Crippen LogP contribution is -2.50. The molecule has 2 aromatic carbocycles. The number of amides is 3. The van der Waals surface area contributed by atoms with E-state index in [1.807, 2.05) is 21.9 Å². The third-order valence-electron chi connectivity index (χ3n) is 7.87. The number of anilines is 2. The fraction of sp³-hybridized carbons (Fsp3) is 0.483. The summed E-state index contributed by atoms with van der Waals surface area (Å²) in [6.07, 6.45) is 7.49. The average Bonchev–Trinajstić information content (AvgIpc) is 3.48. The molecule has 0 radical (unpaired) electrons. The number of carbonyl (C=O) groups excluding carboxylic acids is 3. The Labute approximate surface area is 223 Å². The highest BCUT2D eigenvalue weighted by Gasteiger charge is 2.31. The Balaban J connectivity index is 1.34. The van der Waals surface area contributed by atoms with Crippen molar-refractivity contribution < 1.29 is 14.4 Å². The van der Waals surface area contributed by atoms with E-state index in [1.54, 1.807) is 30.3 Å². The summed E-state index contributed by atoms with van der Waals surface area (Å²) in [6.45, 7) is 4.22. The van der Waals surface area contributed by atoms with Gasteiger partial charge in [0.25, 0.3) is 11.8 Å². The summed E-state index contributed by atoms with van der Waals surface area (Å²) in [6, 6.07) is 12.3. The Morgan fingerprint density at radius 2 is 1.43 bits per heavy atom. The molecule has 8 heteroatoms. The smallest absolute Gasteiger partial charge is 0.256 e. The van der Waals surface area contributed by atoms with E-state index in [0.717, 1.165) is 63.7 Å². The van der Waals surface area contributed by atoms with Gasteiger partial charge in [-0.05, 0) is 74.6 Å². The lowest BCUT2D eigenvalue weighted by atomic mass is 10.0. The highest BCUT2D eigenvalue weighted by molar-refractivity contribution is 6.30. The Bertz CT molecular complexity index is 1130. The number of likely N-dealkylation sites (tertiary alicyclic amines) is 1. The average molecular weight is 523 g/mol. The molecule has 0 aromatic heterocycles. The number of nitrogens with zero attached hydrogens (tertiary/aromatic N) is 3. The van der Waals surface area contributed by atoms with Gasteiger partial charge in [0, 0.05) is 67.1 Å². The quantitative estimate of drug-likeness (QED) is 0.596. The Morgan fingerprint density at radius 1 is 0.757 bits per heavy atom. The first-order valence-corrected chi connectivity index (χ1v) is 13.9. The number of hydrogen-bond acceptors (Lipinski definition) is 4. The maximum absolute atomic E-state index is 13.7. The standard InChI is InChI=1S/C29H35ClN4O3/c30-23-10-8-21(9-11-23)27(35)31-24-12-13-26(25(20-24)29(37)33-14-4-1-5-15-33)32-16-18-34(19-17-32)28(36)22-6-2-3-7-22/h8-13,20,22H,1-7,14-19H2,(H,31,35). The zero-order chi connectivity index (χ0) is 25.8.